The van der Waals surface area contributed by atoms with E-state index in [1.54, 1.807) is 0 Å². The number of rotatable bonds is 2. The van der Waals surface area contributed by atoms with E-state index in [9.17, 15) is 4.79 Å². The Morgan fingerprint density at radius 3 is 2.62 bits per heavy atom. The number of fused-ring (bicyclic) bond motifs is 1. The highest BCUT2D eigenvalue weighted by Crippen LogP contribution is 2.34. The first-order chi connectivity index (χ1) is 13.7. The van der Waals surface area contributed by atoms with Gasteiger partial charge in [0.05, 0.1) is 17.9 Å². The SMILES string of the molecule is Cc1ccc2cc(-c3cnc([C@@H]4CCCN4C(=O)OC(C)(C)C)n3C)ccc2c1. The maximum absolute atomic E-state index is 12.7. The zero-order valence-corrected chi connectivity index (χ0v) is 17.9. The van der Waals surface area contributed by atoms with Gasteiger partial charge in [0.1, 0.15) is 11.4 Å². The van der Waals surface area contributed by atoms with Crippen molar-refractivity contribution < 1.29 is 9.53 Å². The van der Waals surface area contributed by atoms with Gasteiger partial charge in [-0.25, -0.2) is 9.78 Å². The van der Waals surface area contributed by atoms with Crippen LogP contribution in [0.4, 0.5) is 4.79 Å². The number of hydrogen-bond donors (Lipinski definition) is 0. The van der Waals surface area contributed by atoms with Crippen molar-refractivity contribution in [2.45, 2.75) is 52.2 Å². The molecule has 2 heterocycles. The third-order valence-corrected chi connectivity index (χ3v) is 5.49. The van der Waals surface area contributed by atoms with Gasteiger partial charge in [0.2, 0.25) is 0 Å². The summed E-state index contributed by atoms with van der Waals surface area (Å²) in [4.78, 5) is 19.2. The van der Waals surface area contributed by atoms with Crippen LogP contribution >= 0.6 is 0 Å². The van der Waals surface area contributed by atoms with Crippen molar-refractivity contribution in [3.05, 3.63) is 54.0 Å². The number of amides is 1. The van der Waals surface area contributed by atoms with E-state index in [-0.39, 0.29) is 12.1 Å². The summed E-state index contributed by atoms with van der Waals surface area (Å²) in [6, 6.07) is 13.0. The Balaban J connectivity index is 1.64. The van der Waals surface area contributed by atoms with Gasteiger partial charge in [0.25, 0.3) is 0 Å². The second kappa shape index (κ2) is 7.21. The molecular weight excluding hydrogens is 362 g/mol. The van der Waals surface area contributed by atoms with Gasteiger partial charge in [-0.3, -0.25) is 4.90 Å². The normalized spacial score (nSPS) is 17.1. The van der Waals surface area contributed by atoms with Gasteiger partial charge >= 0.3 is 6.09 Å². The zero-order chi connectivity index (χ0) is 20.8. The van der Waals surface area contributed by atoms with Crippen molar-refractivity contribution in [2.24, 2.45) is 7.05 Å². The Labute approximate surface area is 172 Å². The minimum absolute atomic E-state index is 0.0493. The first-order valence-corrected chi connectivity index (χ1v) is 10.2. The molecule has 1 aliphatic rings. The molecule has 1 aliphatic heterocycles. The number of imidazole rings is 1. The maximum Gasteiger partial charge on any atom is 0.410 e. The number of carbonyl (C=O) groups is 1. The van der Waals surface area contributed by atoms with Crippen molar-refractivity contribution >= 4 is 16.9 Å². The number of aryl methyl sites for hydroxylation is 1. The highest BCUT2D eigenvalue weighted by atomic mass is 16.6. The lowest BCUT2D eigenvalue weighted by Gasteiger charge is -2.28. The molecular formula is C24H29N3O2. The van der Waals surface area contributed by atoms with E-state index >= 15 is 0 Å². The number of aromatic nitrogens is 2. The summed E-state index contributed by atoms with van der Waals surface area (Å²) in [5, 5.41) is 2.45. The highest BCUT2D eigenvalue weighted by molar-refractivity contribution is 5.87. The van der Waals surface area contributed by atoms with Gasteiger partial charge in [-0.1, -0.05) is 35.9 Å². The molecule has 0 bridgehead atoms. The summed E-state index contributed by atoms with van der Waals surface area (Å²) in [6.07, 6.45) is 3.52. The smallest absolute Gasteiger partial charge is 0.410 e. The van der Waals surface area contributed by atoms with Crippen molar-refractivity contribution in [3.63, 3.8) is 0 Å². The first-order valence-electron chi connectivity index (χ1n) is 10.2. The largest absolute Gasteiger partial charge is 0.444 e. The van der Waals surface area contributed by atoms with Crippen LogP contribution in [0.5, 0.6) is 0 Å². The third kappa shape index (κ3) is 3.86. The lowest BCUT2D eigenvalue weighted by atomic mass is 10.0. The molecule has 0 saturated carbocycles. The van der Waals surface area contributed by atoms with Gasteiger partial charge in [0, 0.05) is 19.2 Å². The number of likely N-dealkylation sites (tertiary alicyclic amines) is 1. The summed E-state index contributed by atoms with van der Waals surface area (Å²) in [5.74, 6) is 0.910. The van der Waals surface area contributed by atoms with Crippen LogP contribution in [0.3, 0.4) is 0 Å². The van der Waals surface area contributed by atoms with Crippen molar-refractivity contribution in [1.82, 2.24) is 14.5 Å². The summed E-state index contributed by atoms with van der Waals surface area (Å²) >= 11 is 0. The summed E-state index contributed by atoms with van der Waals surface area (Å²) in [6.45, 7) is 8.51. The van der Waals surface area contributed by atoms with Crippen molar-refractivity contribution in [2.75, 3.05) is 6.54 Å². The number of benzene rings is 2. The topological polar surface area (TPSA) is 47.4 Å². The molecule has 0 aliphatic carbocycles. The zero-order valence-electron chi connectivity index (χ0n) is 17.9. The quantitative estimate of drug-likeness (QED) is 0.569. The van der Waals surface area contributed by atoms with Gasteiger partial charge in [-0.15, -0.1) is 0 Å². The Morgan fingerprint density at radius 2 is 1.86 bits per heavy atom. The van der Waals surface area contributed by atoms with E-state index < -0.39 is 5.60 Å². The summed E-state index contributed by atoms with van der Waals surface area (Å²) < 4.78 is 7.73. The Morgan fingerprint density at radius 1 is 1.14 bits per heavy atom. The number of hydrogen-bond acceptors (Lipinski definition) is 3. The van der Waals surface area contributed by atoms with Crippen LogP contribution in [0.1, 0.15) is 51.0 Å². The lowest BCUT2D eigenvalue weighted by Crippen LogP contribution is -2.37. The minimum Gasteiger partial charge on any atom is -0.444 e. The monoisotopic (exact) mass is 391 g/mol. The van der Waals surface area contributed by atoms with Gasteiger partial charge in [-0.2, -0.15) is 0 Å². The van der Waals surface area contributed by atoms with E-state index in [2.05, 4.69) is 47.9 Å². The molecule has 1 aromatic heterocycles. The highest BCUT2D eigenvalue weighted by Gasteiger charge is 2.35. The van der Waals surface area contributed by atoms with Crippen LogP contribution in [0, 0.1) is 6.92 Å². The molecule has 3 aromatic rings. The fourth-order valence-corrected chi connectivity index (χ4v) is 4.10. The van der Waals surface area contributed by atoms with Crippen LogP contribution in [0.25, 0.3) is 22.0 Å². The van der Waals surface area contributed by atoms with Gasteiger partial charge in [-0.05, 0) is 57.4 Å². The van der Waals surface area contributed by atoms with E-state index in [4.69, 9.17) is 9.72 Å². The second-order valence-corrected chi connectivity index (χ2v) is 8.96. The fraction of sp³-hybridized carbons (Fsp3) is 0.417. The number of nitrogens with zero attached hydrogens (tertiary/aromatic N) is 3. The standard InChI is InChI=1S/C24H29N3O2/c1-16-8-9-18-14-19(11-10-17(18)13-16)21-15-25-22(26(21)5)20-7-6-12-27(20)23(28)29-24(2,3)4/h8-11,13-15,20H,6-7,12H2,1-5H3/t20-/m0/s1. The Kier molecular flexibility index (Phi) is 4.85. The van der Waals surface area contributed by atoms with Crippen LogP contribution in [-0.4, -0.2) is 32.7 Å². The van der Waals surface area contributed by atoms with Crippen LogP contribution in [0.15, 0.2) is 42.6 Å². The van der Waals surface area contributed by atoms with Crippen molar-refractivity contribution in [3.8, 4) is 11.3 Å². The molecule has 1 saturated heterocycles. The Hall–Kier alpha value is -2.82. The molecule has 4 rings (SSSR count). The molecule has 0 spiro atoms. The van der Waals surface area contributed by atoms with E-state index in [0.29, 0.717) is 6.54 Å². The fourth-order valence-electron chi connectivity index (χ4n) is 4.10. The minimum atomic E-state index is -0.500. The second-order valence-electron chi connectivity index (χ2n) is 8.96. The molecule has 29 heavy (non-hydrogen) atoms. The number of ether oxygens (including phenoxy) is 1. The molecule has 0 unspecified atom stereocenters. The predicted molar refractivity (Wildman–Crippen MR) is 116 cm³/mol. The molecule has 2 aromatic carbocycles. The van der Waals surface area contributed by atoms with Crippen LogP contribution in [-0.2, 0) is 11.8 Å². The molecule has 0 radical (unpaired) electrons. The van der Waals surface area contributed by atoms with Gasteiger partial charge < -0.3 is 9.30 Å². The lowest BCUT2D eigenvalue weighted by molar-refractivity contribution is 0.0216. The first kappa shape index (κ1) is 19.5. The molecule has 152 valence electrons. The van der Waals surface area contributed by atoms with E-state index in [0.717, 1.165) is 29.9 Å². The van der Waals surface area contributed by atoms with E-state index in [1.165, 1.54) is 16.3 Å². The predicted octanol–water partition coefficient (Wildman–Crippen LogP) is 5.62. The maximum atomic E-state index is 12.7. The molecule has 1 amide bonds. The summed E-state index contributed by atoms with van der Waals surface area (Å²) in [5.41, 5.74) is 2.94. The molecule has 1 fully saturated rings. The molecule has 0 N–H and O–H groups in total. The van der Waals surface area contributed by atoms with Crippen LogP contribution < -0.4 is 0 Å². The third-order valence-electron chi connectivity index (χ3n) is 5.49. The molecule has 1 atom stereocenters. The average Bonchev–Trinajstić information content (AvgIpc) is 3.26. The number of carbonyl (C=O) groups excluding carboxylic acids is 1. The van der Waals surface area contributed by atoms with E-state index in [1.807, 2.05) is 38.9 Å². The Bertz CT molecular complexity index is 1060. The average molecular weight is 392 g/mol. The molecule has 5 heteroatoms. The van der Waals surface area contributed by atoms with Crippen LogP contribution in [0.2, 0.25) is 0 Å². The van der Waals surface area contributed by atoms with Crippen molar-refractivity contribution in [1.29, 1.82) is 0 Å². The summed E-state index contributed by atoms with van der Waals surface area (Å²) in [7, 11) is 2.03. The molecule has 5 nitrogen and oxygen atoms in total. The van der Waals surface area contributed by atoms with Gasteiger partial charge in [0.15, 0.2) is 0 Å².